The molecule has 2 aliphatic heterocycles. The molecule has 32 heavy (non-hydrogen) atoms. The number of aromatic nitrogens is 4. The molecule has 5 heterocycles. The number of halogens is 1. The van der Waals surface area contributed by atoms with E-state index in [4.69, 9.17) is 9.47 Å². The van der Waals surface area contributed by atoms with E-state index >= 15 is 0 Å². The number of anilines is 1. The van der Waals surface area contributed by atoms with E-state index in [1.54, 1.807) is 18.7 Å². The fraction of sp³-hybridized carbons (Fsp3) is 0.208. The molecule has 1 aromatic carbocycles. The average Bonchev–Trinajstić information content (AvgIpc) is 3.45. The van der Waals surface area contributed by atoms with Crippen molar-refractivity contribution < 1.29 is 13.9 Å². The number of nitrogens with one attached hydrogen (secondary N) is 1. The van der Waals surface area contributed by atoms with Crippen LogP contribution in [-0.2, 0) is 13.0 Å². The highest BCUT2D eigenvalue weighted by Crippen LogP contribution is 2.41. The Morgan fingerprint density at radius 2 is 2.09 bits per heavy atom. The minimum absolute atomic E-state index is 0.268. The topological polar surface area (TPSA) is 73.6 Å². The van der Waals surface area contributed by atoms with Crippen LogP contribution in [-0.4, -0.2) is 26.2 Å². The first-order chi connectivity index (χ1) is 15.6. The van der Waals surface area contributed by atoms with Crippen molar-refractivity contribution in [2.24, 2.45) is 0 Å². The maximum absolute atomic E-state index is 14.7. The average molecular weight is 429 g/mol. The van der Waals surface area contributed by atoms with Gasteiger partial charge < -0.3 is 14.8 Å². The third kappa shape index (κ3) is 2.76. The molecular weight excluding hydrogens is 409 g/mol. The van der Waals surface area contributed by atoms with Gasteiger partial charge in [0.25, 0.3) is 0 Å². The number of benzene rings is 1. The lowest BCUT2D eigenvalue weighted by Gasteiger charge is -2.16. The van der Waals surface area contributed by atoms with Crippen LogP contribution in [0.15, 0.2) is 43.1 Å². The fourth-order valence-electron chi connectivity index (χ4n) is 4.39. The number of rotatable bonds is 2. The van der Waals surface area contributed by atoms with Gasteiger partial charge in [0.15, 0.2) is 17.2 Å². The van der Waals surface area contributed by atoms with Gasteiger partial charge in [-0.1, -0.05) is 6.92 Å². The van der Waals surface area contributed by atoms with Crippen LogP contribution < -0.4 is 14.8 Å². The van der Waals surface area contributed by atoms with Crippen LogP contribution >= 0.6 is 0 Å². The van der Waals surface area contributed by atoms with Crippen LogP contribution in [0.25, 0.3) is 22.3 Å². The lowest BCUT2D eigenvalue weighted by Crippen LogP contribution is -2.08. The van der Waals surface area contributed by atoms with Gasteiger partial charge in [0.1, 0.15) is 24.5 Å². The summed E-state index contributed by atoms with van der Waals surface area (Å²) in [5.41, 5.74) is 6.72. The third-order valence-corrected chi connectivity index (χ3v) is 6.04. The standard InChI is InChI=1S/C24H20FN5O2/c1-3-15-6-13(2)17(8-26-15)16-7-21-24(30-12-28-29-23(16)30)27-9-18-19(25)4-5-20-22(18)14(10-31-20)11-32-21/h4-8,11-12,27H,3,9-10H2,1-2H3/b14-11+. The number of pyridine rings is 2. The number of hydrogen-bond acceptors (Lipinski definition) is 6. The smallest absolute Gasteiger partial charge is 0.170 e. The van der Waals surface area contributed by atoms with E-state index in [9.17, 15) is 4.39 Å². The number of aryl methyl sites for hydroxylation is 2. The van der Waals surface area contributed by atoms with Crippen molar-refractivity contribution in [2.45, 2.75) is 26.8 Å². The molecule has 0 aliphatic carbocycles. The van der Waals surface area contributed by atoms with Crippen LogP contribution in [0.4, 0.5) is 10.2 Å². The van der Waals surface area contributed by atoms with Gasteiger partial charge in [-0.05, 0) is 43.2 Å². The van der Waals surface area contributed by atoms with Gasteiger partial charge in [-0.2, -0.15) is 0 Å². The number of ether oxygens (including phenoxy) is 2. The summed E-state index contributed by atoms with van der Waals surface area (Å²) >= 11 is 0. The van der Waals surface area contributed by atoms with Crippen molar-refractivity contribution in [2.75, 3.05) is 11.9 Å². The summed E-state index contributed by atoms with van der Waals surface area (Å²) in [4.78, 5) is 4.57. The van der Waals surface area contributed by atoms with E-state index < -0.39 is 0 Å². The molecule has 0 radical (unpaired) electrons. The van der Waals surface area contributed by atoms with E-state index in [1.165, 1.54) is 6.07 Å². The van der Waals surface area contributed by atoms with Crippen LogP contribution in [0, 0.1) is 12.7 Å². The van der Waals surface area contributed by atoms with Gasteiger partial charge >= 0.3 is 0 Å². The molecule has 0 amide bonds. The molecule has 0 saturated carbocycles. The Labute approximate surface area is 183 Å². The molecule has 3 aromatic heterocycles. The van der Waals surface area contributed by atoms with Crippen molar-refractivity contribution in [3.63, 3.8) is 0 Å². The first kappa shape index (κ1) is 18.8. The second kappa shape index (κ2) is 7.05. The highest BCUT2D eigenvalue weighted by Gasteiger charge is 2.27. The zero-order valence-corrected chi connectivity index (χ0v) is 17.6. The van der Waals surface area contributed by atoms with Gasteiger partial charge in [-0.25, -0.2) is 4.39 Å². The molecule has 2 aliphatic rings. The molecule has 4 aromatic rings. The molecular formula is C24H20FN5O2. The number of nitrogens with zero attached hydrogens (tertiary/aromatic N) is 4. The van der Waals surface area contributed by atoms with Gasteiger partial charge in [0.2, 0.25) is 0 Å². The lowest BCUT2D eigenvalue weighted by atomic mass is 10.0. The second-order valence-electron chi connectivity index (χ2n) is 7.94. The Balaban J connectivity index is 1.55. The molecule has 0 spiro atoms. The molecule has 1 N–H and O–H groups in total. The molecule has 7 nitrogen and oxygen atoms in total. The van der Waals surface area contributed by atoms with Gasteiger partial charge in [0, 0.05) is 46.3 Å². The SMILES string of the molecule is CCc1cc(C)c(-c2cc3c(n4cnnc24)NCc2c(F)ccc4c2/C(=C/O3)CO4)cn1. The van der Waals surface area contributed by atoms with Crippen LogP contribution in [0.3, 0.4) is 0 Å². The molecule has 0 saturated heterocycles. The van der Waals surface area contributed by atoms with E-state index in [0.29, 0.717) is 35.1 Å². The van der Waals surface area contributed by atoms with Gasteiger partial charge in [-0.15, -0.1) is 10.2 Å². The minimum atomic E-state index is -0.287. The normalized spacial score (nSPS) is 15.9. The summed E-state index contributed by atoms with van der Waals surface area (Å²) < 4.78 is 28.4. The maximum atomic E-state index is 14.7. The van der Waals surface area contributed by atoms with E-state index in [0.717, 1.165) is 39.9 Å². The van der Waals surface area contributed by atoms with E-state index in [-0.39, 0.29) is 12.4 Å². The van der Waals surface area contributed by atoms with E-state index in [2.05, 4.69) is 40.4 Å². The Morgan fingerprint density at radius 3 is 2.94 bits per heavy atom. The fourth-order valence-corrected chi connectivity index (χ4v) is 4.39. The summed E-state index contributed by atoms with van der Waals surface area (Å²) in [5, 5.41) is 11.8. The van der Waals surface area contributed by atoms with Crippen molar-refractivity contribution >= 4 is 17.0 Å². The first-order valence-corrected chi connectivity index (χ1v) is 10.5. The molecule has 0 unspecified atom stereocenters. The number of hydrogen-bond donors (Lipinski definition) is 1. The highest BCUT2D eigenvalue weighted by molar-refractivity contribution is 5.84. The maximum Gasteiger partial charge on any atom is 0.170 e. The van der Waals surface area contributed by atoms with Crippen molar-refractivity contribution in [3.05, 3.63) is 71.3 Å². The summed E-state index contributed by atoms with van der Waals surface area (Å²) in [6, 6.07) is 7.11. The summed E-state index contributed by atoms with van der Waals surface area (Å²) in [5.74, 6) is 1.61. The zero-order chi connectivity index (χ0) is 21.8. The van der Waals surface area contributed by atoms with Crippen molar-refractivity contribution in [3.8, 4) is 22.6 Å². The Kier molecular flexibility index (Phi) is 4.14. The van der Waals surface area contributed by atoms with Crippen LogP contribution in [0.2, 0.25) is 0 Å². The zero-order valence-electron chi connectivity index (χ0n) is 17.6. The largest absolute Gasteiger partial charge is 0.488 e. The molecule has 160 valence electrons. The minimum Gasteiger partial charge on any atom is -0.488 e. The van der Waals surface area contributed by atoms with Crippen LogP contribution in [0.5, 0.6) is 11.5 Å². The quantitative estimate of drug-likeness (QED) is 0.504. The molecule has 6 rings (SSSR count). The molecule has 8 heteroatoms. The highest BCUT2D eigenvalue weighted by atomic mass is 19.1. The predicted octanol–water partition coefficient (Wildman–Crippen LogP) is 4.54. The van der Waals surface area contributed by atoms with Crippen LogP contribution in [0.1, 0.15) is 29.3 Å². The monoisotopic (exact) mass is 429 g/mol. The predicted molar refractivity (Wildman–Crippen MR) is 118 cm³/mol. The van der Waals surface area contributed by atoms with Gasteiger partial charge in [-0.3, -0.25) is 9.38 Å². The lowest BCUT2D eigenvalue weighted by molar-refractivity contribution is 0.384. The Bertz CT molecular complexity index is 1430. The molecule has 0 atom stereocenters. The summed E-state index contributed by atoms with van der Waals surface area (Å²) in [7, 11) is 0. The van der Waals surface area contributed by atoms with Crippen molar-refractivity contribution in [1.82, 2.24) is 19.6 Å². The molecule has 0 bridgehead atoms. The van der Waals surface area contributed by atoms with Crippen molar-refractivity contribution in [1.29, 1.82) is 0 Å². The number of fused-ring (bicyclic) bond motifs is 3. The third-order valence-electron chi connectivity index (χ3n) is 6.04. The Hall–Kier alpha value is -3.94. The Morgan fingerprint density at radius 1 is 1.19 bits per heavy atom. The summed E-state index contributed by atoms with van der Waals surface area (Å²) in [6.45, 7) is 4.75. The van der Waals surface area contributed by atoms with Gasteiger partial charge in [0.05, 0.1) is 6.26 Å². The first-order valence-electron chi connectivity index (χ1n) is 10.5. The van der Waals surface area contributed by atoms with E-state index in [1.807, 2.05) is 16.7 Å². The second-order valence-corrected chi connectivity index (χ2v) is 7.94. The summed E-state index contributed by atoms with van der Waals surface area (Å²) in [6.07, 6.45) is 6.01. The molecule has 0 fully saturated rings.